The number of hydrogen-bond donors (Lipinski definition) is 1. The number of hydrogen-bond acceptors (Lipinski definition) is 2. The summed E-state index contributed by atoms with van der Waals surface area (Å²) in [7, 11) is 0. The minimum Gasteiger partial charge on any atom is -0.508 e. The lowest BCUT2D eigenvalue weighted by Gasteiger charge is -2.27. The average Bonchev–Trinajstić information content (AvgIpc) is 2.69. The summed E-state index contributed by atoms with van der Waals surface area (Å²) in [6.45, 7) is 10.1. The Kier molecular flexibility index (Phi) is 3.43. The van der Waals surface area contributed by atoms with Crippen molar-refractivity contribution in [2.45, 2.75) is 33.7 Å². The van der Waals surface area contributed by atoms with Crippen molar-refractivity contribution in [3.63, 3.8) is 0 Å². The molecule has 1 aromatic carbocycles. The Morgan fingerprint density at radius 2 is 2.00 bits per heavy atom. The Balaban J connectivity index is 1.97. The van der Waals surface area contributed by atoms with Crippen molar-refractivity contribution in [3.05, 3.63) is 29.8 Å². The van der Waals surface area contributed by atoms with Gasteiger partial charge in [0.15, 0.2) is 0 Å². The van der Waals surface area contributed by atoms with E-state index in [1.807, 2.05) is 18.2 Å². The van der Waals surface area contributed by atoms with Crippen LogP contribution in [-0.2, 0) is 6.54 Å². The molecule has 0 saturated carbocycles. The molecular weight excluding hydrogens is 210 g/mol. The van der Waals surface area contributed by atoms with Gasteiger partial charge in [0, 0.05) is 18.7 Å². The highest BCUT2D eigenvalue weighted by molar-refractivity contribution is 5.31. The maximum absolute atomic E-state index is 9.77. The summed E-state index contributed by atoms with van der Waals surface area (Å²) < 4.78 is 0. The van der Waals surface area contributed by atoms with Crippen LogP contribution in [0.2, 0.25) is 0 Å². The van der Waals surface area contributed by atoms with Crippen LogP contribution in [0.1, 0.15) is 32.8 Å². The molecule has 94 valence electrons. The van der Waals surface area contributed by atoms with Crippen molar-refractivity contribution >= 4 is 0 Å². The number of benzene rings is 1. The monoisotopic (exact) mass is 233 g/mol. The van der Waals surface area contributed by atoms with E-state index in [4.69, 9.17) is 0 Å². The summed E-state index contributed by atoms with van der Waals surface area (Å²) in [5.41, 5.74) is 1.44. The minimum absolute atomic E-state index is 0.396. The van der Waals surface area contributed by atoms with E-state index in [0.717, 1.165) is 31.1 Å². The van der Waals surface area contributed by atoms with Crippen LogP contribution in [0.25, 0.3) is 0 Å². The molecular formula is C15H23NO. The summed E-state index contributed by atoms with van der Waals surface area (Å²) in [4.78, 5) is 2.45. The van der Waals surface area contributed by atoms with Gasteiger partial charge in [-0.2, -0.15) is 0 Å². The second-order valence-electron chi connectivity index (χ2n) is 6.22. The molecule has 17 heavy (non-hydrogen) atoms. The minimum atomic E-state index is 0.396. The maximum atomic E-state index is 9.77. The van der Waals surface area contributed by atoms with Gasteiger partial charge < -0.3 is 5.11 Å². The molecule has 1 saturated heterocycles. The van der Waals surface area contributed by atoms with Gasteiger partial charge in [-0.1, -0.05) is 39.0 Å². The molecule has 1 aliphatic rings. The Morgan fingerprint density at radius 3 is 2.59 bits per heavy atom. The smallest absolute Gasteiger partial charge is 0.120 e. The maximum Gasteiger partial charge on any atom is 0.120 e. The standard InChI is InChI=1S/C15H23NO/c1-15(2,3)13-8-9-16(11-13)10-12-6-4-5-7-14(12)17/h4-7,13,17H,8-11H2,1-3H3. The molecule has 2 heteroatoms. The molecule has 1 heterocycles. The van der Waals surface area contributed by atoms with Crippen LogP contribution in [0.5, 0.6) is 5.75 Å². The molecule has 1 unspecified atom stereocenters. The molecule has 0 aromatic heterocycles. The lowest BCUT2D eigenvalue weighted by Crippen LogP contribution is -2.25. The van der Waals surface area contributed by atoms with Gasteiger partial charge in [-0.3, -0.25) is 4.90 Å². The van der Waals surface area contributed by atoms with Crippen LogP contribution in [0.4, 0.5) is 0 Å². The van der Waals surface area contributed by atoms with Crippen molar-refractivity contribution < 1.29 is 5.11 Å². The van der Waals surface area contributed by atoms with Crippen LogP contribution >= 0.6 is 0 Å². The van der Waals surface area contributed by atoms with Gasteiger partial charge >= 0.3 is 0 Å². The lowest BCUT2D eigenvalue weighted by atomic mass is 9.80. The third-order valence-corrected chi connectivity index (χ3v) is 3.88. The van der Waals surface area contributed by atoms with Crippen molar-refractivity contribution in [3.8, 4) is 5.75 Å². The predicted molar refractivity (Wildman–Crippen MR) is 70.9 cm³/mol. The van der Waals surface area contributed by atoms with Gasteiger partial charge in [0.2, 0.25) is 0 Å². The fourth-order valence-electron chi connectivity index (χ4n) is 2.57. The Bertz CT molecular complexity index is 381. The quantitative estimate of drug-likeness (QED) is 0.847. The molecule has 2 rings (SSSR count). The van der Waals surface area contributed by atoms with Crippen LogP contribution in [0, 0.1) is 11.3 Å². The van der Waals surface area contributed by atoms with Gasteiger partial charge in [-0.05, 0) is 30.4 Å². The molecule has 0 bridgehead atoms. The third-order valence-electron chi connectivity index (χ3n) is 3.88. The molecule has 1 aromatic rings. The number of aromatic hydroxyl groups is 1. The zero-order valence-electron chi connectivity index (χ0n) is 11.1. The molecule has 0 radical (unpaired) electrons. The number of phenolic OH excluding ortho intramolecular Hbond substituents is 1. The highest BCUT2D eigenvalue weighted by Crippen LogP contribution is 2.34. The molecule has 0 amide bonds. The number of likely N-dealkylation sites (tertiary alicyclic amines) is 1. The number of nitrogens with zero attached hydrogens (tertiary/aromatic N) is 1. The third kappa shape index (κ3) is 3.01. The second kappa shape index (κ2) is 4.69. The summed E-state index contributed by atoms with van der Waals surface area (Å²) in [6.07, 6.45) is 1.27. The van der Waals surface area contributed by atoms with E-state index in [9.17, 15) is 5.11 Å². The second-order valence-corrected chi connectivity index (χ2v) is 6.22. The molecule has 0 spiro atoms. The SMILES string of the molecule is CC(C)(C)C1CCN(Cc2ccccc2O)C1. The van der Waals surface area contributed by atoms with Crippen molar-refractivity contribution in [1.29, 1.82) is 0 Å². The van der Waals surface area contributed by atoms with Gasteiger partial charge in [0.05, 0.1) is 0 Å². The van der Waals surface area contributed by atoms with Crippen LogP contribution in [-0.4, -0.2) is 23.1 Å². The average molecular weight is 233 g/mol. The van der Waals surface area contributed by atoms with Gasteiger partial charge in [0.1, 0.15) is 5.75 Å². The van der Waals surface area contributed by atoms with Crippen LogP contribution in [0.3, 0.4) is 0 Å². The lowest BCUT2D eigenvalue weighted by molar-refractivity contribution is 0.225. The first kappa shape index (κ1) is 12.4. The van der Waals surface area contributed by atoms with E-state index in [1.165, 1.54) is 6.42 Å². The van der Waals surface area contributed by atoms with Gasteiger partial charge in [0.25, 0.3) is 0 Å². The summed E-state index contributed by atoms with van der Waals surface area (Å²) >= 11 is 0. The van der Waals surface area contributed by atoms with Crippen molar-refractivity contribution in [2.75, 3.05) is 13.1 Å². The first-order chi connectivity index (χ1) is 7.97. The zero-order chi connectivity index (χ0) is 12.5. The Hall–Kier alpha value is -1.02. The summed E-state index contributed by atoms with van der Waals surface area (Å²) in [5, 5.41) is 9.77. The van der Waals surface area contributed by atoms with E-state index in [0.29, 0.717) is 11.2 Å². The van der Waals surface area contributed by atoms with E-state index in [2.05, 4.69) is 25.7 Å². The Labute approximate surface area is 104 Å². The van der Waals surface area contributed by atoms with Crippen LogP contribution in [0.15, 0.2) is 24.3 Å². The van der Waals surface area contributed by atoms with Gasteiger partial charge in [-0.25, -0.2) is 0 Å². The highest BCUT2D eigenvalue weighted by atomic mass is 16.3. The molecule has 1 atom stereocenters. The molecule has 1 aliphatic heterocycles. The Morgan fingerprint density at radius 1 is 1.29 bits per heavy atom. The normalized spacial score (nSPS) is 21.9. The van der Waals surface area contributed by atoms with Gasteiger partial charge in [-0.15, -0.1) is 0 Å². The molecule has 0 aliphatic carbocycles. The van der Waals surface area contributed by atoms with E-state index in [1.54, 1.807) is 6.07 Å². The fraction of sp³-hybridized carbons (Fsp3) is 0.600. The molecule has 1 fully saturated rings. The summed E-state index contributed by atoms with van der Waals surface area (Å²) in [5.74, 6) is 1.19. The zero-order valence-corrected chi connectivity index (χ0v) is 11.1. The first-order valence-corrected chi connectivity index (χ1v) is 6.46. The number of rotatable bonds is 2. The fourth-order valence-corrected chi connectivity index (χ4v) is 2.57. The van der Waals surface area contributed by atoms with E-state index in [-0.39, 0.29) is 0 Å². The van der Waals surface area contributed by atoms with Crippen LogP contribution < -0.4 is 0 Å². The van der Waals surface area contributed by atoms with E-state index >= 15 is 0 Å². The van der Waals surface area contributed by atoms with Crippen molar-refractivity contribution in [2.24, 2.45) is 11.3 Å². The van der Waals surface area contributed by atoms with E-state index < -0.39 is 0 Å². The predicted octanol–water partition coefficient (Wildman–Crippen LogP) is 3.26. The number of para-hydroxylation sites is 1. The number of phenols is 1. The molecule has 2 nitrogen and oxygen atoms in total. The topological polar surface area (TPSA) is 23.5 Å². The highest BCUT2D eigenvalue weighted by Gasteiger charge is 2.31. The summed E-state index contributed by atoms with van der Waals surface area (Å²) in [6, 6.07) is 7.65. The molecule has 1 N–H and O–H groups in total. The largest absolute Gasteiger partial charge is 0.508 e. The van der Waals surface area contributed by atoms with Crippen molar-refractivity contribution in [1.82, 2.24) is 4.90 Å². The first-order valence-electron chi connectivity index (χ1n) is 6.46.